The van der Waals surface area contributed by atoms with Crippen LogP contribution in [0.15, 0.2) is 36.7 Å². The molecule has 0 N–H and O–H groups in total. The van der Waals surface area contributed by atoms with Crippen LogP contribution in [0, 0.1) is 5.82 Å². The first kappa shape index (κ1) is 10.2. The maximum atomic E-state index is 12.8. The molecule has 1 aromatic carbocycles. The molecule has 0 atom stereocenters. The number of rotatable bonds is 2. The van der Waals surface area contributed by atoms with Crippen molar-refractivity contribution in [3.63, 3.8) is 0 Å². The molecule has 2 heterocycles. The van der Waals surface area contributed by atoms with E-state index in [1.54, 1.807) is 28.9 Å². The third kappa shape index (κ3) is 1.55. The molecule has 5 heteroatoms. The highest BCUT2D eigenvalue weighted by Crippen LogP contribution is 2.31. The molecule has 0 aliphatic heterocycles. The second-order valence-corrected chi connectivity index (χ2v) is 4.50. The molecule has 0 amide bonds. The normalized spacial score (nSPS) is 10.9. The van der Waals surface area contributed by atoms with Gasteiger partial charge in [0.15, 0.2) is 11.2 Å². The van der Waals surface area contributed by atoms with Gasteiger partial charge in [-0.2, -0.15) is 0 Å². The van der Waals surface area contributed by atoms with E-state index in [4.69, 9.17) is 0 Å². The Labute approximate surface area is 100 Å². The summed E-state index contributed by atoms with van der Waals surface area (Å²) in [5, 5.41) is 0. The number of nitrogens with zero attached hydrogens (tertiary/aromatic N) is 2. The molecule has 3 aromatic rings. The van der Waals surface area contributed by atoms with Crippen LogP contribution in [0.25, 0.3) is 15.4 Å². The number of halogens is 1. The van der Waals surface area contributed by atoms with Crippen LogP contribution in [0.1, 0.15) is 10.5 Å². The van der Waals surface area contributed by atoms with E-state index in [0.717, 1.165) is 21.7 Å². The third-order valence-corrected chi connectivity index (χ3v) is 3.64. The molecule has 3 nitrogen and oxygen atoms in total. The maximum Gasteiger partial charge on any atom is 0.194 e. The van der Waals surface area contributed by atoms with Gasteiger partial charge in [-0.15, -0.1) is 0 Å². The van der Waals surface area contributed by atoms with E-state index in [1.807, 2.05) is 0 Å². The zero-order valence-corrected chi connectivity index (χ0v) is 9.45. The Balaban J connectivity index is 2.25. The summed E-state index contributed by atoms with van der Waals surface area (Å²) in [7, 11) is 0. The first-order valence-electron chi connectivity index (χ1n) is 4.96. The predicted molar refractivity (Wildman–Crippen MR) is 63.9 cm³/mol. The summed E-state index contributed by atoms with van der Waals surface area (Å²) in [6, 6.07) is 6.08. The average Bonchev–Trinajstić information content (AvgIpc) is 2.89. The summed E-state index contributed by atoms with van der Waals surface area (Å²) in [6.45, 7) is 0. The number of benzene rings is 1. The van der Waals surface area contributed by atoms with Crippen LogP contribution in [0.5, 0.6) is 0 Å². The van der Waals surface area contributed by atoms with Gasteiger partial charge in [0, 0.05) is 12.4 Å². The van der Waals surface area contributed by atoms with Crippen LogP contribution in [0.2, 0.25) is 0 Å². The van der Waals surface area contributed by atoms with Crippen LogP contribution in [0.4, 0.5) is 4.39 Å². The van der Waals surface area contributed by atoms with E-state index in [-0.39, 0.29) is 5.82 Å². The lowest BCUT2D eigenvalue weighted by molar-refractivity contribution is 0.111. The van der Waals surface area contributed by atoms with Crippen molar-refractivity contribution in [1.29, 1.82) is 0 Å². The summed E-state index contributed by atoms with van der Waals surface area (Å²) in [6.07, 6.45) is 4.18. The van der Waals surface area contributed by atoms with Crippen molar-refractivity contribution >= 4 is 22.6 Å². The summed E-state index contributed by atoms with van der Waals surface area (Å²) in [5.74, 6) is -0.289. The molecule has 0 unspecified atom stereocenters. The molecule has 0 bridgehead atoms. The van der Waals surface area contributed by atoms with Crippen molar-refractivity contribution in [1.82, 2.24) is 9.38 Å². The zero-order chi connectivity index (χ0) is 11.8. The highest BCUT2D eigenvalue weighted by molar-refractivity contribution is 7.20. The largest absolute Gasteiger partial charge is 0.296 e. The Bertz CT molecular complexity index is 684. The number of imidazole rings is 1. The summed E-state index contributed by atoms with van der Waals surface area (Å²) in [4.78, 5) is 16.8. The Morgan fingerprint density at radius 2 is 2.06 bits per heavy atom. The van der Waals surface area contributed by atoms with E-state index in [1.165, 1.54) is 23.5 Å². The smallest absolute Gasteiger partial charge is 0.194 e. The van der Waals surface area contributed by atoms with E-state index >= 15 is 0 Å². The summed E-state index contributed by atoms with van der Waals surface area (Å²) in [5.41, 5.74) is 1.37. The topological polar surface area (TPSA) is 34.4 Å². The minimum atomic E-state index is -0.289. The quantitative estimate of drug-likeness (QED) is 0.651. The van der Waals surface area contributed by atoms with Gasteiger partial charge in [-0.05, 0) is 17.7 Å². The van der Waals surface area contributed by atoms with E-state index < -0.39 is 0 Å². The van der Waals surface area contributed by atoms with Crippen LogP contribution in [-0.2, 0) is 0 Å². The average molecular weight is 246 g/mol. The molecular formula is C12H7FN2OS. The van der Waals surface area contributed by atoms with Crippen LogP contribution in [-0.4, -0.2) is 15.7 Å². The van der Waals surface area contributed by atoms with Gasteiger partial charge in [-0.25, -0.2) is 9.37 Å². The number of aldehydes is 1. The number of fused-ring (bicyclic) bond motifs is 1. The van der Waals surface area contributed by atoms with Crippen molar-refractivity contribution in [2.75, 3.05) is 0 Å². The Kier molecular flexibility index (Phi) is 2.26. The van der Waals surface area contributed by atoms with Gasteiger partial charge in [-0.1, -0.05) is 23.5 Å². The molecule has 0 fully saturated rings. The number of aromatic nitrogens is 2. The Hall–Kier alpha value is -2.01. The fourth-order valence-electron chi connectivity index (χ4n) is 1.72. The number of carbonyl (C=O) groups is 1. The first-order chi connectivity index (χ1) is 8.29. The van der Waals surface area contributed by atoms with Gasteiger partial charge in [0.25, 0.3) is 0 Å². The number of carbonyl (C=O) groups excluding carboxylic acids is 1. The highest BCUT2D eigenvalue weighted by atomic mass is 32.1. The fraction of sp³-hybridized carbons (Fsp3) is 0. The van der Waals surface area contributed by atoms with Gasteiger partial charge < -0.3 is 0 Å². The molecule has 3 rings (SSSR count). The SMILES string of the molecule is O=Cc1c(-c2ccc(F)cc2)sc2nccn12. The molecule has 0 spiro atoms. The van der Waals surface area contributed by atoms with Crippen molar-refractivity contribution in [3.05, 3.63) is 48.2 Å². The minimum Gasteiger partial charge on any atom is -0.296 e. The van der Waals surface area contributed by atoms with Crippen molar-refractivity contribution in [3.8, 4) is 10.4 Å². The summed E-state index contributed by atoms with van der Waals surface area (Å²) < 4.78 is 14.6. The van der Waals surface area contributed by atoms with Crippen LogP contribution >= 0.6 is 11.3 Å². The van der Waals surface area contributed by atoms with Gasteiger partial charge in [0.05, 0.1) is 4.88 Å². The monoisotopic (exact) mass is 246 g/mol. The number of thiazole rings is 1. The molecule has 0 saturated heterocycles. The molecule has 0 aliphatic carbocycles. The molecule has 0 aliphatic rings. The fourth-order valence-corrected chi connectivity index (χ4v) is 2.78. The second-order valence-electron chi connectivity index (χ2n) is 3.52. The van der Waals surface area contributed by atoms with Crippen molar-refractivity contribution < 1.29 is 9.18 Å². The predicted octanol–water partition coefficient (Wildman–Crippen LogP) is 3.01. The van der Waals surface area contributed by atoms with Crippen molar-refractivity contribution in [2.24, 2.45) is 0 Å². The number of hydrogen-bond acceptors (Lipinski definition) is 3. The number of hydrogen-bond donors (Lipinski definition) is 0. The first-order valence-corrected chi connectivity index (χ1v) is 5.78. The Morgan fingerprint density at radius 3 is 2.76 bits per heavy atom. The van der Waals surface area contributed by atoms with E-state index in [0.29, 0.717) is 5.69 Å². The molecule has 0 radical (unpaired) electrons. The maximum absolute atomic E-state index is 12.8. The minimum absolute atomic E-state index is 0.289. The summed E-state index contributed by atoms with van der Waals surface area (Å²) >= 11 is 1.41. The third-order valence-electron chi connectivity index (χ3n) is 2.51. The van der Waals surface area contributed by atoms with Gasteiger partial charge in [-0.3, -0.25) is 9.20 Å². The van der Waals surface area contributed by atoms with Crippen molar-refractivity contribution in [2.45, 2.75) is 0 Å². The molecular weight excluding hydrogens is 239 g/mol. The molecule has 17 heavy (non-hydrogen) atoms. The standard InChI is InChI=1S/C12H7FN2OS/c13-9-3-1-8(2-4-9)11-10(7-16)15-6-5-14-12(15)17-11/h1-7H. The zero-order valence-electron chi connectivity index (χ0n) is 8.63. The van der Waals surface area contributed by atoms with Gasteiger partial charge >= 0.3 is 0 Å². The van der Waals surface area contributed by atoms with Gasteiger partial charge in [0.1, 0.15) is 11.5 Å². The lowest BCUT2D eigenvalue weighted by Crippen LogP contribution is -1.89. The molecule has 0 saturated carbocycles. The lowest BCUT2D eigenvalue weighted by Gasteiger charge is -1.98. The van der Waals surface area contributed by atoms with Gasteiger partial charge in [0.2, 0.25) is 0 Å². The molecule has 2 aromatic heterocycles. The Morgan fingerprint density at radius 1 is 1.29 bits per heavy atom. The van der Waals surface area contributed by atoms with Crippen LogP contribution in [0.3, 0.4) is 0 Å². The molecule has 84 valence electrons. The lowest BCUT2D eigenvalue weighted by atomic mass is 10.1. The van der Waals surface area contributed by atoms with Crippen LogP contribution < -0.4 is 0 Å². The highest BCUT2D eigenvalue weighted by Gasteiger charge is 2.13. The van der Waals surface area contributed by atoms with E-state index in [2.05, 4.69) is 4.98 Å². The second kappa shape index (κ2) is 3.78. The van der Waals surface area contributed by atoms with E-state index in [9.17, 15) is 9.18 Å².